The molecule has 2 aliphatic rings. The number of carbonyl (C=O) groups is 1. The standard InChI is InChI=1S/C20H38N2O3S/c1-17(2)25-14-13-24-12-7-20(23)22-10-6-19(16-22)18-4-8-21(9-5-18)11-15-26-3/h17-19H,4-16H2,1-3H3. The molecule has 0 aromatic rings. The van der Waals surface area contributed by atoms with Crippen molar-refractivity contribution in [1.29, 1.82) is 0 Å². The molecular formula is C20H38N2O3S. The van der Waals surface area contributed by atoms with Gasteiger partial charge in [0.15, 0.2) is 0 Å². The molecule has 2 heterocycles. The Morgan fingerprint density at radius 1 is 1.08 bits per heavy atom. The molecule has 1 amide bonds. The summed E-state index contributed by atoms with van der Waals surface area (Å²) in [5, 5.41) is 0. The van der Waals surface area contributed by atoms with Crippen LogP contribution in [0.5, 0.6) is 0 Å². The van der Waals surface area contributed by atoms with Crippen LogP contribution in [0.3, 0.4) is 0 Å². The molecule has 2 fully saturated rings. The highest BCUT2D eigenvalue weighted by atomic mass is 32.2. The van der Waals surface area contributed by atoms with Crippen LogP contribution in [-0.2, 0) is 14.3 Å². The molecule has 6 heteroatoms. The molecular weight excluding hydrogens is 348 g/mol. The maximum atomic E-state index is 12.4. The molecule has 2 rings (SSSR count). The third-order valence-electron chi connectivity index (χ3n) is 5.63. The molecule has 0 aromatic carbocycles. The molecule has 0 radical (unpaired) electrons. The van der Waals surface area contributed by atoms with Gasteiger partial charge in [-0.1, -0.05) is 0 Å². The average Bonchev–Trinajstić information content (AvgIpc) is 3.13. The van der Waals surface area contributed by atoms with E-state index in [0.717, 1.165) is 19.0 Å². The fourth-order valence-electron chi connectivity index (χ4n) is 4.03. The summed E-state index contributed by atoms with van der Waals surface area (Å²) >= 11 is 1.93. The lowest BCUT2D eigenvalue weighted by Gasteiger charge is -2.34. The number of thioether (sulfide) groups is 1. The summed E-state index contributed by atoms with van der Waals surface area (Å²) in [6.07, 6.45) is 6.71. The van der Waals surface area contributed by atoms with Gasteiger partial charge in [0.2, 0.25) is 5.91 Å². The van der Waals surface area contributed by atoms with Gasteiger partial charge >= 0.3 is 0 Å². The largest absolute Gasteiger partial charge is 0.379 e. The summed E-state index contributed by atoms with van der Waals surface area (Å²) in [4.78, 5) is 17.1. The Labute approximate surface area is 164 Å². The van der Waals surface area contributed by atoms with Gasteiger partial charge in [0.25, 0.3) is 0 Å². The molecule has 26 heavy (non-hydrogen) atoms. The maximum Gasteiger partial charge on any atom is 0.224 e. The lowest BCUT2D eigenvalue weighted by atomic mass is 9.84. The van der Waals surface area contributed by atoms with Crippen molar-refractivity contribution in [2.75, 3.05) is 64.6 Å². The SMILES string of the molecule is CSCCN1CCC(C2CCN(C(=O)CCOCCOC(C)C)C2)CC1. The van der Waals surface area contributed by atoms with Gasteiger partial charge in [-0.25, -0.2) is 0 Å². The van der Waals surface area contributed by atoms with E-state index in [1.54, 1.807) is 0 Å². The fourth-order valence-corrected chi connectivity index (χ4v) is 4.47. The second kappa shape index (κ2) is 12.2. The predicted octanol–water partition coefficient (Wildman–Crippen LogP) is 2.74. The molecule has 152 valence electrons. The first-order valence-corrected chi connectivity index (χ1v) is 11.7. The van der Waals surface area contributed by atoms with E-state index < -0.39 is 0 Å². The molecule has 0 saturated carbocycles. The highest BCUT2D eigenvalue weighted by Crippen LogP contribution is 2.32. The summed E-state index contributed by atoms with van der Waals surface area (Å²) < 4.78 is 11.0. The monoisotopic (exact) mass is 386 g/mol. The minimum absolute atomic E-state index is 0.235. The first kappa shape index (κ1) is 22.0. The van der Waals surface area contributed by atoms with Crippen LogP contribution in [0.1, 0.15) is 39.5 Å². The molecule has 1 atom stereocenters. The summed E-state index contributed by atoms with van der Waals surface area (Å²) in [6.45, 7) is 11.3. The van der Waals surface area contributed by atoms with Gasteiger partial charge in [-0.3, -0.25) is 4.79 Å². The van der Waals surface area contributed by atoms with Crippen molar-refractivity contribution in [3.05, 3.63) is 0 Å². The zero-order chi connectivity index (χ0) is 18.8. The van der Waals surface area contributed by atoms with E-state index in [2.05, 4.69) is 16.1 Å². The summed E-state index contributed by atoms with van der Waals surface area (Å²) in [5.74, 6) is 3.02. The molecule has 1 unspecified atom stereocenters. The van der Waals surface area contributed by atoms with Crippen molar-refractivity contribution in [1.82, 2.24) is 9.80 Å². The number of ether oxygens (including phenoxy) is 2. The molecule has 0 N–H and O–H groups in total. The highest BCUT2D eigenvalue weighted by molar-refractivity contribution is 7.98. The van der Waals surface area contributed by atoms with Crippen LogP contribution in [0, 0.1) is 11.8 Å². The predicted molar refractivity (Wildman–Crippen MR) is 109 cm³/mol. The Morgan fingerprint density at radius 3 is 2.50 bits per heavy atom. The fraction of sp³-hybridized carbons (Fsp3) is 0.950. The van der Waals surface area contributed by atoms with Gasteiger partial charge in [-0.05, 0) is 64.3 Å². The van der Waals surface area contributed by atoms with Gasteiger partial charge in [0.05, 0.1) is 32.3 Å². The minimum atomic E-state index is 0.235. The number of rotatable bonds is 11. The van der Waals surface area contributed by atoms with Crippen LogP contribution >= 0.6 is 11.8 Å². The van der Waals surface area contributed by atoms with E-state index in [-0.39, 0.29) is 12.0 Å². The maximum absolute atomic E-state index is 12.4. The topological polar surface area (TPSA) is 42.0 Å². The van der Waals surface area contributed by atoms with Crippen molar-refractivity contribution in [2.24, 2.45) is 11.8 Å². The number of likely N-dealkylation sites (tertiary alicyclic amines) is 2. The van der Waals surface area contributed by atoms with Gasteiger partial charge in [-0.2, -0.15) is 11.8 Å². The molecule has 2 saturated heterocycles. The van der Waals surface area contributed by atoms with Gasteiger partial charge in [0.1, 0.15) is 0 Å². The Bertz CT molecular complexity index is 401. The smallest absolute Gasteiger partial charge is 0.224 e. The van der Waals surface area contributed by atoms with Crippen molar-refractivity contribution in [2.45, 2.75) is 45.6 Å². The van der Waals surface area contributed by atoms with Crippen molar-refractivity contribution in [3.63, 3.8) is 0 Å². The summed E-state index contributed by atoms with van der Waals surface area (Å²) in [5.41, 5.74) is 0. The number of hydrogen-bond acceptors (Lipinski definition) is 5. The van der Waals surface area contributed by atoms with Crippen LogP contribution in [-0.4, -0.2) is 86.4 Å². The van der Waals surface area contributed by atoms with E-state index in [0.29, 0.717) is 32.2 Å². The molecule has 0 aliphatic carbocycles. The van der Waals surface area contributed by atoms with Crippen LogP contribution in [0.25, 0.3) is 0 Å². The number of nitrogens with zero attached hydrogens (tertiary/aromatic N) is 2. The second-order valence-electron chi connectivity index (χ2n) is 7.84. The summed E-state index contributed by atoms with van der Waals surface area (Å²) in [6, 6.07) is 0. The van der Waals surface area contributed by atoms with E-state index in [4.69, 9.17) is 9.47 Å². The zero-order valence-electron chi connectivity index (χ0n) is 17.0. The van der Waals surface area contributed by atoms with E-state index in [1.165, 1.54) is 44.6 Å². The number of hydrogen-bond donors (Lipinski definition) is 0. The lowest BCUT2D eigenvalue weighted by Crippen LogP contribution is -2.38. The second-order valence-corrected chi connectivity index (χ2v) is 8.83. The minimum Gasteiger partial charge on any atom is -0.379 e. The van der Waals surface area contributed by atoms with Crippen molar-refractivity contribution < 1.29 is 14.3 Å². The number of piperidine rings is 1. The molecule has 5 nitrogen and oxygen atoms in total. The lowest BCUT2D eigenvalue weighted by molar-refractivity contribution is -0.131. The first-order valence-electron chi connectivity index (χ1n) is 10.3. The third kappa shape index (κ3) is 7.75. The Kier molecular flexibility index (Phi) is 10.3. The number of carbonyl (C=O) groups excluding carboxylic acids is 1. The number of amides is 1. The summed E-state index contributed by atoms with van der Waals surface area (Å²) in [7, 11) is 0. The van der Waals surface area contributed by atoms with Crippen LogP contribution in [0.4, 0.5) is 0 Å². The van der Waals surface area contributed by atoms with Crippen LogP contribution in [0.15, 0.2) is 0 Å². The van der Waals surface area contributed by atoms with E-state index in [1.807, 2.05) is 25.6 Å². The molecule has 0 spiro atoms. The Hall–Kier alpha value is -0.300. The zero-order valence-corrected chi connectivity index (χ0v) is 17.8. The van der Waals surface area contributed by atoms with Crippen LogP contribution < -0.4 is 0 Å². The van der Waals surface area contributed by atoms with Gasteiger partial charge < -0.3 is 19.3 Å². The van der Waals surface area contributed by atoms with E-state index in [9.17, 15) is 4.79 Å². The van der Waals surface area contributed by atoms with E-state index >= 15 is 0 Å². The molecule has 0 aromatic heterocycles. The van der Waals surface area contributed by atoms with Gasteiger partial charge in [-0.15, -0.1) is 0 Å². The quantitative estimate of drug-likeness (QED) is 0.511. The highest BCUT2D eigenvalue weighted by Gasteiger charge is 2.33. The Morgan fingerprint density at radius 2 is 1.81 bits per heavy atom. The Balaban J connectivity index is 1.57. The van der Waals surface area contributed by atoms with Crippen LogP contribution in [0.2, 0.25) is 0 Å². The molecule has 0 bridgehead atoms. The van der Waals surface area contributed by atoms with Gasteiger partial charge in [0, 0.05) is 25.4 Å². The third-order valence-corrected chi connectivity index (χ3v) is 6.22. The van der Waals surface area contributed by atoms with Crippen molar-refractivity contribution in [3.8, 4) is 0 Å². The first-order chi connectivity index (χ1) is 12.6. The van der Waals surface area contributed by atoms with Crippen molar-refractivity contribution >= 4 is 17.7 Å². The normalized spacial score (nSPS) is 22.5. The molecule has 2 aliphatic heterocycles. The average molecular weight is 387 g/mol.